The maximum atomic E-state index is 10.6. The van der Waals surface area contributed by atoms with Crippen molar-refractivity contribution in [2.45, 2.75) is 25.0 Å². The number of nitrogens with zero attached hydrogens (tertiary/aromatic N) is 3. The number of aromatic nitrogens is 3. The number of rotatable bonds is 6. The molecule has 0 aliphatic rings. The Hall–Kier alpha value is -1.24. The van der Waals surface area contributed by atoms with E-state index in [1.54, 1.807) is 12.1 Å². The van der Waals surface area contributed by atoms with Gasteiger partial charge in [-0.2, -0.15) is 0 Å². The Morgan fingerprint density at radius 2 is 2.10 bits per heavy atom. The smallest absolute Gasteiger partial charge is 0.313 e. The van der Waals surface area contributed by atoms with Crippen molar-refractivity contribution in [3.63, 3.8) is 0 Å². The van der Waals surface area contributed by atoms with Crippen molar-refractivity contribution in [1.29, 1.82) is 0 Å². The van der Waals surface area contributed by atoms with Gasteiger partial charge in [0.25, 0.3) is 0 Å². The molecule has 2 aromatic rings. The first kappa shape index (κ1) is 16.1. The van der Waals surface area contributed by atoms with Gasteiger partial charge in [0.05, 0.1) is 15.8 Å². The van der Waals surface area contributed by atoms with Crippen molar-refractivity contribution in [3.05, 3.63) is 39.6 Å². The predicted octanol–water partition coefficient (Wildman–Crippen LogP) is 3.37. The summed E-state index contributed by atoms with van der Waals surface area (Å²) in [4.78, 5) is 10.6. The average Bonchev–Trinajstić information content (AvgIpc) is 2.82. The van der Waals surface area contributed by atoms with E-state index in [9.17, 15) is 4.79 Å². The van der Waals surface area contributed by atoms with Crippen LogP contribution in [0.5, 0.6) is 0 Å². The molecule has 0 amide bonds. The van der Waals surface area contributed by atoms with E-state index in [-0.39, 0.29) is 5.75 Å². The largest absolute Gasteiger partial charge is 0.481 e. The second-order valence-corrected chi connectivity index (χ2v) is 6.01. The van der Waals surface area contributed by atoms with Crippen LogP contribution < -0.4 is 0 Å². The first-order chi connectivity index (χ1) is 10.0. The lowest BCUT2D eigenvalue weighted by Crippen LogP contribution is -2.06. The van der Waals surface area contributed by atoms with Crippen molar-refractivity contribution in [3.8, 4) is 0 Å². The molecule has 0 radical (unpaired) electrons. The second-order valence-electron chi connectivity index (χ2n) is 4.25. The third kappa shape index (κ3) is 4.12. The zero-order valence-corrected chi connectivity index (χ0v) is 13.5. The van der Waals surface area contributed by atoms with Gasteiger partial charge in [-0.3, -0.25) is 4.79 Å². The highest BCUT2D eigenvalue weighted by Crippen LogP contribution is 2.24. The number of thioether (sulfide) groups is 1. The normalized spacial score (nSPS) is 10.8. The van der Waals surface area contributed by atoms with Crippen molar-refractivity contribution in [2.75, 3.05) is 5.75 Å². The highest BCUT2D eigenvalue weighted by atomic mass is 35.5. The Kier molecular flexibility index (Phi) is 5.50. The molecule has 0 spiro atoms. The molecule has 0 saturated carbocycles. The van der Waals surface area contributed by atoms with E-state index in [0.717, 1.165) is 23.1 Å². The number of hydrogen-bond donors (Lipinski definition) is 1. The minimum absolute atomic E-state index is 0.0368. The van der Waals surface area contributed by atoms with Gasteiger partial charge in [0.1, 0.15) is 5.82 Å². The Labute approximate surface area is 136 Å². The van der Waals surface area contributed by atoms with Crippen LogP contribution in [0, 0.1) is 0 Å². The molecule has 5 nitrogen and oxygen atoms in total. The molecule has 1 aromatic heterocycles. The van der Waals surface area contributed by atoms with Crippen LogP contribution in [0.2, 0.25) is 10.0 Å². The van der Waals surface area contributed by atoms with Crippen molar-refractivity contribution < 1.29 is 9.90 Å². The highest BCUT2D eigenvalue weighted by Gasteiger charge is 2.13. The topological polar surface area (TPSA) is 68.0 Å². The van der Waals surface area contributed by atoms with Crippen LogP contribution in [0.15, 0.2) is 23.4 Å². The van der Waals surface area contributed by atoms with Crippen LogP contribution in [0.25, 0.3) is 0 Å². The molecule has 1 aromatic carbocycles. The molecule has 2 rings (SSSR count). The minimum atomic E-state index is -0.878. The number of halogens is 2. The molecule has 0 saturated heterocycles. The minimum Gasteiger partial charge on any atom is -0.481 e. The van der Waals surface area contributed by atoms with E-state index in [2.05, 4.69) is 10.2 Å². The fourth-order valence-electron chi connectivity index (χ4n) is 1.83. The van der Waals surface area contributed by atoms with E-state index in [1.807, 2.05) is 17.6 Å². The molecule has 0 fully saturated rings. The van der Waals surface area contributed by atoms with Gasteiger partial charge < -0.3 is 9.67 Å². The summed E-state index contributed by atoms with van der Waals surface area (Å²) < 4.78 is 1.90. The van der Waals surface area contributed by atoms with Crippen LogP contribution in [-0.2, 0) is 17.8 Å². The molecule has 0 unspecified atom stereocenters. The number of carboxylic acids is 1. The average molecular weight is 346 g/mol. The summed E-state index contributed by atoms with van der Waals surface area (Å²) in [5.74, 6) is -0.147. The zero-order valence-electron chi connectivity index (χ0n) is 11.2. The van der Waals surface area contributed by atoms with Gasteiger partial charge in [-0.05, 0) is 24.6 Å². The van der Waals surface area contributed by atoms with Crippen LogP contribution >= 0.6 is 35.0 Å². The SMILES string of the molecule is CCn1c(Cc2ccc(Cl)c(Cl)c2)nnc1SCC(=O)O. The van der Waals surface area contributed by atoms with Crippen LogP contribution in [0.1, 0.15) is 18.3 Å². The van der Waals surface area contributed by atoms with Gasteiger partial charge in [0.2, 0.25) is 0 Å². The molecule has 0 bridgehead atoms. The molecule has 1 N–H and O–H groups in total. The van der Waals surface area contributed by atoms with E-state index in [1.165, 1.54) is 0 Å². The van der Waals surface area contributed by atoms with Crippen LogP contribution in [0.4, 0.5) is 0 Å². The standard InChI is InChI=1S/C13H13Cl2N3O2S/c1-2-18-11(16-17-13(18)21-7-12(19)20)6-8-3-4-9(14)10(15)5-8/h3-5H,2,6-7H2,1H3,(H,19,20). The first-order valence-corrected chi connectivity index (χ1v) is 7.96. The van der Waals surface area contributed by atoms with E-state index >= 15 is 0 Å². The maximum absolute atomic E-state index is 10.6. The van der Waals surface area contributed by atoms with Gasteiger partial charge in [0, 0.05) is 13.0 Å². The van der Waals surface area contributed by atoms with Crippen molar-refractivity contribution in [1.82, 2.24) is 14.8 Å². The molecule has 0 aliphatic carbocycles. The molecule has 112 valence electrons. The fraction of sp³-hybridized carbons (Fsp3) is 0.308. The highest BCUT2D eigenvalue weighted by molar-refractivity contribution is 7.99. The summed E-state index contributed by atoms with van der Waals surface area (Å²) in [6, 6.07) is 5.42. The molecular weight excluding hydrogens is 333 g/mol. The number of benzene rings is 1. The monoisotopic (exact) mass is 345 g/mol. The third-order valence-electron chi connectivity index (χ3n) is 2.78. The number of carboxylic acid groups (broad SMARTS) is 1. The lowest BCUT2D eigenvalue weighted by atomic mass is 10.1. The number of hydrogen-bond acceptors (Lipinski definition) is 4. The molecule has 0 aliphatic heterocycles. The zero-order chi connectivity index (χ0) is 15.4. The summed E-state index contributed by atoms with van der Waals surface area (Å²) in [7, 11) is 0. The first-order valence-electron chi connectivity index (χ1n) is 6.21. The summed E-state index contributed by atoms with van der Waals surface area (Å²) in [5, 5.41) is 18.5. The Bertz CT molecular complexity index is 661. The van der Waals surface area contributed by atoms with Gasteiger partial charge in [-0.15, -0.1) is 10.2 Å². The second kappa shape index (κ2) is 7.15. The molecule has 21 heavy (non-hydrogen) atoms. The number of carbonyl (C=O) groups is 1. The van der Waals surface area contributed by atoms with Crippen molar-refractivity contribution in [2.24, 2.45) is 0 Å². The number of aliphatic carboxylic acids is 1. The summed E-state index contributed by atoms with van der Waals surface area (Å²) in [6.07, 6.45) is 0.561. The quantitative estimate of drug-likeness (QED) is 0.813. The van der Waals surface area contributed by atoms with E-state index < -0.39 is 5.97 Å². The van der Waals surface area contributed by atoms with E-state index in [0.29, 0.717) is 28.2 Å². The summed E-state index contributed by atoms with van der Waals surface area (Å²) >= 11 is 13.1. The maximum Gasteiger partial charge on any atom is 0.313 e. The fourth-order valence-corrected chi connectivity index (χ4v) is 2.89. The third-order valence-corrected chi connectivity index (χ3v) is 4.47. The van der Waals surface area contributed by atoms with Crippen LogP contribution in [0.3, 0.4) is 0 Å². The molecule has 1 heterocycles. The predicted molar refractivity (Wildman–Crippen MR) is 83.3 cm³/mol. The Morgan fingerprint density at radius 3 is 2.71 bits per heavy atom. The molecule has 8 heteroatoms. The lowest BCUT2D eigenvalue weighted by molar-refractivity contribution is -0.133. The van der Waals surface area contributed by atoms with Gasteiger partial charge in [-0.1, -0.05) is 41.0 Å². The van der Waals surface area contributed by atoms with E-state index in [4.69, 9.17) is 28.3 Å². The van der Waals surface area contributed by atoms with Gasteiger partial charge in [-0.25, -0.2) is 0 Å². The molecular formula is C13H13Cl2N3O2S. The van der Waals surface area contributed by atoms with Crippen LogP contribution in [-0.4, -0.2) is 31.6 Å². The van der Waals surface area contributed by atoms with Gasteiger partial charge >= 0.3 is 5.97 Å². The summed E-state index contributed by atoms with van der Waals surface area (Å²) in [5.41, 5.74) is 0.973. The summed E-state index contributed by atoms with van der Waals surface area (Å²) in [6.45, 7) is 2.64. The van der Waals surface area contributed by atoms with Crippen molar-refractivity contribution >= 4 is 40.9 Å². The Morgan fingerprint density at radius 1 is 1.33 bits per heavy atom. The lowest BCUT2D eigenvalue weighted by Gasteiger charge is -2.07. The molecule has 0 atom stereocenters. The Balaban J connectivity index is 2.19. The van der Waals surface area contributed by atoms with Gasteiger partial charge in [0.15, 0.2) is 5.16 Å².